The van der Waals surface area contributed by atoms with Gasteiger partial charge >= 0.3 is 5.97 Å². The van der Waals surface area contributed by atoms with E-state index in [-0.39, 0.29) is 11.8 Å². The molecule has 0 bridgehead atoms. The molecule has 1 aliphatic carbocycles. The third kappa shape index (κ3) is 5.19. The molecule has 3 N–H and O–H groups in total. The molecule has 1 aliphatic rings. The lowest BCUT2D eigenvalue weighted by Gasteiger charge is -2.27. The van der Waals surface area contributed by atoms with Crippen molar-refractivity contribution in [1.82, 2.24) is 5.32 Å². The number of carbonyl (C=O) groups is 2. The van der Waals surface area contributed by atoms with E-state index in [1.54, 1.807) is 0 Å². The highest BCUT2D eigenvalue weighted by molar-refractivity contribution is 5.86. The second-order valence-corrected chi connectivity index (χ2v) is 5.87. The van der Waals surface area contributed by atoms with E-state index in [0.29, 0.717) is 6.42 Å². The molecule has 1 amide bonds. The smallest absolute Gasteiger partial charge is 0.326 e. The first-order chi connectivity index (χ1) is 8.91. The highest BCUT2D eigenvalue weighted by Crippen LogP contribution is 2.26. The average molecular weight is 271 g/mol. The van der Waals surface area contributed by atoms with Crippen LogP contribution in [0.5, 0.6) is 0 Å². The molecule has 0 heterocycles. The molecule has 5 nitrogen and oxygen atoms in total. The molecule has 0 aromatic carbocycles. The lowest BCUT2D eigenvalue weighted by atomic mass is 9.85. The van der Waals surface area contributed by atoms with Crippen molar-refractivity contribution in [1.29, 1.82) is 0 Å². The number of aliphatic hydroxyl groups is 1. The van der Waals surface area contributed by atoms with Crippen molar-refractivity contribution in [3.8, 4) is 0 Å². The minimum atomic E-state index is -1.07. The Labute approximate surface area is 114 Å². The van der Waals surface area contributed by atoms with Crippen LogP contribution in [0, 0.1) is 11.8 Å². The molecule has 0 saturated heterocycles. The first-order valence-corrected chi connectivity index (χ1v) is 7.13. The van der Waals surface area contributed by atoms with Gasteiger partial charge in [0.05, 0.1) is 0 Å². The van der Waals surface area contributed by atoms with Gasteiger partial charge in [0, 0.05) is 0 Å². The highest BCUT2D eigenvalue weighted by Gasteiger charge is 2.30. The lowest BCUT2D eigenvalue weighted by molar-refractivity contribution is -0.144. The van der Waals surface area contributed by atoms with Crippen molar-refractivity contribution in [2.45, 2.75) is 64.5 Å². The molecule has 0 aromatic heterocycles. The van der Waals surface area contributed by atoms with E-state index in [9.17, 15) is 14.7 Å². The Hall–Kier alpha value is -1.10. The fourth-order valence-corrected chi connectivity index (χ4v) is 2.61. The second-order valence-electron chi connectivity index (χ2n) is 5.87. The van der Waals surface area contributed by atoms with Gasteiger partial charge in [-0.25, -0.2) is 4.79 Å². The van der Waals surface area contributed by atoms with Crippen molar-refractivity contribution in [2.75, 3.05) is 0 Å². The SMILES string of the molecule is CC(C)C[C@@H](NC(=O)C(O)C1CCCCC1)C(=O)O. The van der Waals surface area contributed by atoms with Gasteiger partial charge in [-0.05, 0) is 31.1 Å². The van der Waals surface area contributed by atoms with Gasteiger partial charge in [0.15, 0.2) is 0 Å². The quantitative estimate of drug-likeness (QED) is 0.684. The Bertz CT molecular complexity index is 311. The number of hydrogen-bond acceptors (Lipinski definition) is 3. The van der Waals surface area contributed by atoms with Crippen molar-refractivity contribution in [2.24, 2.45) is 11.8 Å². The predicted molar refractivity (Wildman–Crippen MR) is 71.6 cm³/mol. The molecule has 2 atom stereocenters. The first kappa shape index (κ1) is 16.0. The maximum atomic E-state index is 11.9. The maximum Gasteiger partial charge on any atom is 0.326 e. The van der Waals surface area contributed by atoms with Crippen LogP contribution < -0.4 is 5.32 Å². The molecule has 1 saturated carbocycles. The number of nitrogens with one attached hydrogen (secondary N) is 1. The van der Waals surface area contributed by atoms with Crippen LogP contribution in [0.15, 0.2) is 0 Å². The van der Waals surface area contributed by atoms with Crippen LogP contribution >= 0.6 is 0 Å². The highest BCUT2D eigenvalue weighted by atomic mass is 16.4. The number of rotatable bonds is 6. The van der Waals surface area contributed by atoms with Crippen LogP contribution in [0.25, 0.3) is 0 Å². The van der Waals surface area contributed by atoms with Gasteiger partial charge in [-0.3, -0.25) is 4.79 Å². The van der Waals surface area contributed by atoms with Crippen molar-refractivity contribution in [3.63, 3.8) is 0 Å². The van der Waals surface area contributed by atoms with E-state index in [2.05, 4.69) is 5.32 Å². The van der Waals surface area contributed by atoms with Crippen LogP contribution in [0.2, 0.25) is 0 Å². The van der Waals surface area contributed by atoms with E-state index in [0.717, 1.165) is 32.1 Å². The van der Waals surface area contributed by atoms with Gasteiger partial charge in [-0.15, -0.1) is 0 Å². The summed E-state index contributed by atoms with van der Waals surface area (Å²) in [5.74, 6) is -1.44. The van der Waals surface area contributed by atoms with E-state index in [4.69, 9.17) is 5.11 Å². The Morgan fingerprint density at radius 3 is 2.26 bits per heavy atom. The van der Waals surface area contributed by atoms with Crippen LogP contribution in [0.4, 0.5) is 0 Å². The first-order valence-electron chi connectivity index (χ1n) is 7.13. The van der Waals surface area contributed by atoms with E-state index >= 15 is 0 Å². The fourth-order valence-electron chi connectivity index (χ4n) is 2.61. The Morgan fingerprint density at radius 1 is 1.21 bits per heavy atom. The number of aliphatic hydroxyl groups excluding tert-OH is 1. The molecule has 1 fully saturated rings. The average Bonchev–Trinajstić information content (AvgIpc) is 2.37. The summed E-state index contributed by atoms with van der Waals surface area (Å²) in [7, 11) is 0. The minimum absolute atomic E-state index is 0.0257. The number of hydrogen-bond donors (Lipinski definition) is 3. The zero-order valence-electron chi connectivity index (χ0n) is 11.8. The zero-order valence-corrected chi connectivity index (χ0v) is 11.8. The minimum Gasteiger partial charge on any atom is -0.480 e. The molecular weight excluding hydrogens is 246 g/mol. The molecule has 0 aliphatic heterocycles. The van der Waals surface area contributed by atoms with Gasteiger partial charge in [0.25, 0.3) is 0 Å². The summed E-state index contributed by atoms with van der Waals surface area (Å²) in [5, 5.41) is 21.5. The van der Waals surface area contributed by atoms with Gasteiger partial charge in [-0.2, -0.15) is 0 Å². The van der Waals surface area contributed by atoms with Crippen LogP contribution in [-0.2, 0) is 9.59 Å². The molecule has 1 unspecified atom stereocenters. The number of aliphatic carboxylic acids is 1. The summed E-state index contributed by atoms with van der Waals surface area (Å²) in [6.45, 7) is 3.80. The van der Waals surface area contributed by atoms with E-state index in [1.807, 2.05) is 13.8 Å². The number of carboxylic acid groups (broad SMARTS) is 1. The van der Waals surface area contributed by atoms with Crippen molar-refractivity contribution < 1.29 is 19.8 Å². The zero-order chi connectivity index (χ0) is 14.4. The number of carbonyl (C=O) groups excluding carboxylic acids is 1. The third-order valence-electron chi connectivity index (χ3n) is 3.69. The third-order valence-corrected chi connectivity index (χ3v) is 3.69. The largest absolute Gasteiger partial charge is 0.480 e. The summed E-state index contributed by atoms with van der Waals surface area (Å²) in [4.78, 5) is 23.0. The molecule has 0 aromatic rings. The number of carboxylic acids is 1. The molecule has 5 heteroatoms. The monoisotopic (exact) mass is 271 g/mol. The van der Waals surface area contributed by atoms with Crippen LogP contribution in [-0.4, -0.2) is 34.2 Å². The normalized spacial score (nSPS) is 20.0. The second kappa shape index (κ2) is 7.48. The van der Waals surface area contributed by atoms with Crippen LogP contribution in [0.3, 0.4) is 0 Å². The summed E-state index contributed by atoms with van der Waals surface area (Å²) in [6.07, 6.45) is 4.20. The Balaban J connectivity index is 2.52. The summed E-state index contributed by atoms with van der Waals surface area (Å²) in [6, 6.07) is -0.911. The summed E-state index contributed by atoms with van der Waals surface area (Å²) < 4.78 is 0. The fraction of sp³-hybridized carbons (Fsp3) is 0.857. The summed E-state index contributed by atoms with van der Waals surface area (Å²) >= 11 is 0. The van der Waals surface area contributed by atoms with E-state index < -0.39 is 24.0 Å². The Kier molecular flexibility index (Phi) is 6.28. The summed E-state index contributed by atoms with van der Waals surface area (Å²) in [5.41, 5.74) is 0. The van der Waals surface area contributed by atoms with Crippen molar-refractivity contribution >= 4 is 11.9 Å². The lowest BCUT2D eigenvalue weighted by Crippen LogP contribution is -2.48. The topological polar surface area (TPSA) is 86.6 Å². The standard InChI is InChI=1S/C14H25NO4/c1-9(2)8-11(14(18)19)15-13(17)12(16)10-6-4-3-5-7-10/h9-12,16H,3-8H2,1-2H3,(H,15,17)(H,18,19)/t11-,12?/m1/s1. The van der Waals surface area contributed by atoms with Crippen molar-refractivity contribution in [3.05, 3.63) is 0 Å². The molecule has 1 rings (SSSR count). The maximum absolute atomic E-state index is 11.9. The van der Waals surface area contributed by atoms with Crippen LogP contribution in [0.1, 0.15) is 52.4 Å². The molecular formula is C14H25NO4. The molecule has 0 spiro atoms. The Morgan fingerprint density at radius 2 is 1.79 bits per heavy atom. The van der Waals surface area contributed by atoms with Gasteiger partial charge in [-0.1, -0.05) is 33.1 Å². The van der Waals surface area contributed by atoms with Gasteiger partial charge in [0.2, 0.25) is 5.91 Å². The van der Waals surface area contributed by atoms with E-state index in [1.165, 1.54) is 0 Å². The molecule has 19 heavy (non-hydrogen) atoms. The number of amides is 1. The predicted octanol–water partition coefficient (Wildman–Crippen LogP) is 1.54. The molecule has 0 radical (unpaired) electrons. The van der Waals surface area contributed by atoms with Gasteiger partial charge < -0.3 is 15.5 Å². The molecule has 110 valence electrons. The van der Waals surface area contributed by atoms with Gasteiger partial charge in [0.1, 0.15) is 12.1 Å².